The molecule has 1 aliphatic carbocycles. The lowest BCUT2D eigenvalue weighted by molar-refractivity contribution is 0.166. The van der Waals surface area contributed by atoms with E-state index in [1.54, 1.807) is 0 Å². The van der Waals surface area contributed by atoms with Gasteiger partial charge in [-0.3, -0.25) is 0 Å². The second-order valence-electron chi connectivity index (χ2n) is 4.34. The van der Waals surface area contributed by atoms with Crippen LogP contribution >= 0.6 is 15.9 Å². The van der Waals surface area contributed by atoms with Crippen LogP contribution in [0.1, 0.15) is 24.3 Å². The molecule has 1 fully saturated rings. The quantitative estimate of drug-likeness (QED) is 0.783. The van der Waals surface area contributed by atoms with Crippen molar-refractivity contribution in [2.75, 3.05) is 14.1 Å². The fourth-order valence-corrected chi connectivity index (χ4v) is 2.28. The van der Waals surface area contributed by atoms with Gasteiger partial charge in [-0.1, -0.05) is 28.1 Å². The molecule has 0 atom stereocenters. The Morgan fingerprint density at radius 3 is 2.21 bits per heavy atom. The third-order valence-electron chi connectivity index (χ3n) is 3.18. The summed E-state index contributed by atoms with van der Waals surface area (Å²) in [6.07, 6.45) is 2.63. The van der Waals surface area contributed by atoms with Crippen LogP contribution in [0.3, 0.4) is 0 Å². The summed E-state index contributed by atoms with van der Waals surface area (Å²) < 4.78 is 1.17. The van der Waals surface area contributed by atoms with Crippen LogP contribution in [0.4, 0.5) is 0 Å². The number of hydrogen-bond donors (Lipinski definition) is 0. The minimum atomic E-state index is 0.787. The van der Waals surface area contributed by atoms with E-state index >= 15 is 0 Å². The van der Waals surface area contributed by atoms with E-state index in [1.165, 1.54) is 22.9 Å². The van der Waals surface area contributed by atoms with Crippen molar-refractivity contribution in [2.45, 2.75) is 24.8 Å². The standard InChI is InChI=1S/C12H16BrN/c1-14(2)12-7-10(8-12)9-3-5-11(13)6-4-9/h3-6,10,12H,7-8H2,1-2H3. The van der Waals surface area contributed by atoms with Gasteiger partial charge in [0.1, 0.15) is 0 Å². The topological polar surface area (TPSA) is 3.24 Å². The zero-order valence-corrected chi connectivity index (χ0v) is 10.3. The van der Waals surface area contributed by atoms with E-state index in [0.717, 1.165) is 12.0 Å². The first kappa shape index (κ1) is 10.2. The summed E-state index contributed by atoms with van der Waals surface area (Å²) in [6.45, 7) is 0. The van der Waals surface area contributed by atoms with Crippen molar-refractivity contribution < 1.29 is 0 Å². The van der Waals surface area contributed by atoms with Gasteiger partial charge in [0.05, 0.1) is 0 Å². The molecule has 1 aliphatic rings. The minimum absolute atomic E-state index is 0.787. The highest BCUT2D eigenvalue weighted by Crippen LogP contribution is 2.39. The molecule has 76 valence electrons. The zero-order chi connectivity index (χ0) is 10.1. The van der Waals surface area contributed by atoms with Gasteiger partial charge in [-0.25, -0.2) is 0 Å². The van der Waals surface area contributed by atoms with E-state index in [0.29, 0.717) is 0 Å². The molecule has 14 heavy (non-hydrogen) atoms. The van der Waals surface area contributed by atoms with E-state index in [4.69, 9.17) is 0 Å². The zero-order valence-electron chi connectivity index (χ0n) is 8.70. The van der Waals surface area contributed by atoms with Gasteiger partial charge < -0.3 is 4.90 Å². The van der Waals surface area contributed by atoms with E-state index in [1.807, 2.05) is 0 Å². The average Bonchev–Trinajstić information content (AvgIpc) is 2.05. The highest BCUT2D eigenvalue weighted by Gasteiger charge is 2.31. The van der Waals surface area contributed by atoms with Crippen LogP contribution in [0, 0.1) is 0 Å². The second-order valence-corrected chi connectivity index (χ2v) is 5.25. The first-order chi connectivity index (χ1) is 6.66. The summed E-state index contributed by atoms with van der Waals surface area (Å²) >= 11 is 3.46. The summed E-state index contributed by atoms with van der Waals surface area (Å²) in [7, 11) is 4.34. The molecule has 0 amide bonds. The van der Waals surface area contributed by atoms with E-state index in [2.05, 4.69) is 59.2 Å². The molecule has 1 nitrogen and oxygen atoms in total. The van der Waals surface area contributed by atoms with Crippen LogP contribution in [0.5, 0.6) is 0 Å². The van der Waals surface area contributed by atoms with E-state index < -0.39 is 0 Å². The van der Waals surface area contributed by atoms with Crippen LogP contribution in [-0.4, -0.2) is 25.0 Å². The van der Waals surface area contributed by atoms with Gasteiger partial charge in [-0.15, -0.1) is 0 Å². The van der Waals surface area contributed by atoms with Crippen LogP contribution in [0.25, 0.3) is 0 Å². The number of rotatable bonds is 2. The molecule has 2 rings (SSSR count). The Balaban J connectivity index is 1.96. The number of hydrogen-bond acceptors (Lipinski definition) is 1. The van der Waals surface area contributed by atoms with Crippen LogP contribution in [0.15, 0.2) is 28.7 Å². The van der Waals surface area contributed by atoms with Crippen molar-refractivity contribution in [2.24, 2.45) is 0 Å². The minimum Gasteiger partial charge on any atom is -0.306 e. The Morgan fingerprint density at radius 1 is 1.14 bits per heavy atom. The van der Waals surface area contributed by atoms with Gasteiger partial charge in [0, 0.05) is 10.5 Å². The van der Waals surface area contributed by atoms with Crippen molar-refractivity contribution in [1.29, 1.82) is 0 Å². The highest BCUT2D eigenvalue weighted by molar-refractivity contribution is 9.10. The van der Waals surface area contributed by atoms with Crippen molar-refractivity contribution in [3.05, 3.63) is 34.3 Å². The molecule has 2 heteroatoms. The van der Waals surface area contributed by atoms with E-state index in [-0.39, 0.29) is 0 Å². The molecular formula is C12H16BrN. The summed E-state index contributed by atoms with van der Waals surface area (Å²) in [4.78, 5) is 2.33. The molecule has 0 spiro atoms. The second kappa shape index (κ2) is 4.03. The first-order valence-electron chi connectivity index (χ1n) is 5.08. The molecular weight excluding hydrogens is 238 g/mol. The number of halogens is 1. The SMILES string of the molecule is CN(C)C1CC(c2ccc(Br)cc2)C1. The molecule has 0 unspecified atom stereocenters. The Labute approximate surface area is 94.2 Å². The largest absolute Gasteiger partial charge is 0.306 e. The van der Waals surface area contributed by atoms with Crippen LogP contribution < -0.4 is 0 Å². The first-order valence-corrected chi connectivity index (χ1v) is 5.88. The monoisotopic (exact) mass is 253 g/mol. The Morgan fingerprint density at radius 2 is 1.71 bits per heavy atom. The van der Waals surface area contributed by atoms with Crippen molar-refractivity contribution in [3.8, 4) is 0 Å². The summed E-state index contributed by atoms with van der Waals surface area (Å²) in [5.74, 6) is 0.787. The predicted octanol–water partition coefficient (Wildman–Crippen LogP) is 3.26. The van der Waals surface area contributed by atoms with Gasteiger partial charge >= 0.3 is 0 Å². The lowest BCUT2D eigenvalue weighted by Crippen LogP contribution is -2.39. The maximum Gasteiger partial charge on any atom is 0.0175 e. The van der Waals surface area contributed by atoms with Gasteiger partial charge in [-0.2, -0.15) is 0 Å². The molecule has 1 saturated carbocycles. The maximum absolute atomic E-state index is 3.46. The highest BCUT2D eigenvalue weighted by atomic mass is 79.9. The lowest BCUT2D eigenvalue weighted by atomic mass is 9.75. The summed E-state index contributed by atoms with van der Waals surface area (Å²) in [6, 6.07) is 9.54. The molecule has 0 bridgehead atoms. The average molecular weight is 254 g/mol. The maximum atomic E-state index is 3.46. The van der Waals surface area contributed by atoms with Crippen LogP contribution in [-0.2, 0) is 0 Å². The van der Waals surface area contributed by atoms with Gasteiger partial charge in [0.2, 0.25) is 0 Å². The molecule has 0 aromatic heterocycles. The molecule has 0 radical (unpaired) electrons. The molecule has 0 heterocycles. The van der Waals surface area contributed by atoms with Crippen molar-refractivity contribution in [1.82, 2.24) is 4.90 Å². The van der Waals surface area contributed by atoms with Crippen LogP contribution in [0.2, 0.25) is 0 Å². The smallest absolute Gasteiger partial charge is 0.0175 e. The normalized spacial score (nSPS) is 26.3. The van der Waals surface area contributed by atoms with Gasteiger partial charge in [0.15, 0.2) is 0 Å². The molecule has 1 aromatic rings. The van der Waals surface area contributed by atoms with E-state index in [9.17, 15) is 0 Å². The fourth-order valence-electron chi connectivity index (χ4n) is 2.02. The Kier molecular flexibility index (Phi) is 2.93. The van der Waals surface area contributed by atoms with Crippen molar-refractivity contribution >= 4 is 15.9 Å². The molecule has 0 saturated heterocycles. The fraction of sp³-hybridized carbons (Fsp3) is 0.500. The number of benzene rings is 1. The van der Waals surface area contributed by atoms with Gasteiger partial charge in [0.25, 0.3) is 0 Å². The molecule has 1 aromatic carbocycles. The lowest BCUT2D eigenvalue weighted by Gasteiger charge is -2.40. The third-order valence-corrected chi connectivity index (χ3v) is 3.71. The summed E-state index contributed by atoms with van der Waals surface area (Å²) in [5, 5.41) is 0. The molecule has 0 N–H and O–H groups in total. The Hall–Kier alpha value is -0.340. The third kappa shape index (κ3) is 2.01. The molecule has 0 aliphatic heterocycles. The summed E-state index contributed by atoms with van der Waals surface area (Å²) in [5.41, 5.74) is 1.49. The van der Waals surface area contributed by atoms with Crippen molar-refractivity contribution in [3.63, 3.8) is 0 Å². The Bertz CT molecular complexity index is 299. The predicted molar refractivity (Wildman–Crippen MR) is 63.6 cm³/mol. The van der Waals surface area contributed by atoms with Gasteiger partial charge in [-0.05, 0) is 50.6 Å². The number of nitrogens with zero attached hydrogens (tertiary/aromatic N) is 1.